The molecule has 1 heterocycles. The van der Waals surface area contributed by atoms with Gasteiger partial charge >= 0.3 is 0 Å². The van der Waals surface area contributed by atoms with Crippen molar-refractivity contribution in [1.82, 2.24) is 25.3 Å². The van der Waals surface area contributed by atoms with Gasteiger partial charge in [-0.05, 0) is 18.1 Å². The van der Waals surface area contributed by atoms with Gasteiger partial charge in [-0.1, -0.05) is 32.0 Å². The zero-order valence-corrected chi connectivity index (χ0v) is 19.6. The van der Waals surface area contributed by atoms with Gasteiger partial charge in [-0.3, -0.25) is 14.5 Å². The van der Waals surface area contributed by atoms with Gasteiger partial charge < -0.3 is 15.5 Å². The fourth-order valence-electron chi connectivity index (χ4n) is 2.92. The molecule has 0 unspecified atom stereocenters. The number of nitrogens with one attached hydrogen (secondary N) is 2. The van der Waals surface area contributed by atoms with Crippen LogP contribution in [0.5, 0.6) is 0 Å². The molecule has 8 heteroatoms. The molecule has 7 nitrogen and oxygen atoms in total. The Morgan fingerprint density at radius 1 is 1.21 bits per heavy atom. The van der Waals surface area contributed by atoms with E-state index in [9.17, 15) is 4.79 Å². The number of carbonyl (C=O) groups is 1. The monoisotopic (exact) mass is 498 g/mol. The summed E-state index contributed by atoms with van der Waals surface area (Å²) in [6.07, 6.45) is 2.05. The van der Waals surface area contributed by atoms with Gasteiger partial charge in [-0.15, -0.1) is 24.0 Å². The van der Waals surface area contributed by atoms with Crippen molar-refractivity contribution in [3.8, 4) is 0 Å². The second-order valence-electron chi connectivity index (χ2n) is 6.82. The van der Waals surface area contributed by atoms with Crippen molar-refractivity contribution in [2.75, 3.05) is 27.2 Å². The van der Waals surface area contributed by atoms with Crippen LogP contribution in [0.1, 0.15) is 41.4 Å². The topological polar surface area (TPSA) is 74.6 Å². The third kappa shape index (κ3) is 6.81. The number of halogens is 1. The Morgan fingerprint density at radius 2 is 1.86 bits per heavy atom. The van der Waals surface area contributed by atoms with Crippen molar-refractivity contribution in [1.29, 1.82) is 0 Å². The number of amides is 1. The molecule has 1 amide bonds. The van der Waals surface area contributed by atoms with Gasteiger partial charge in [-0.2, -0.15) is 5.10 Å². The van der Waals surface area contributed by atoms with Crippen LogP contribution in [0.15, 0.2) is 41.5 Å². The second-order valence-corrected chi connectivity index (χ2v) is 6.82. The molecule has 2 aromatic rings. The van der Waals surface area contributed by atoms with Crippen molar-refractivity contribution >= 4 is 35.8 Å². The van der Waals surface area contributed by atoms with E-state index in [4.69, 9.17) is 0 Å². The number of carbonyl (C=O) groups excluding carboxylic acids is 1. The number of hydrogen-bond donors (Lipinski definition) is 2. The Kier molecular flexibility index (Phi) is 9.98. The number of rotatable bonds is 7. The van der Waals surface area contributed by atoms with E-state index < -0.39 is 0 Å². The lowest BCUT2D eigenvalue weighted by atomic mass is 10.1. The van der Waals surface area contributed by atoms with Crippen LogP contribution in [-0.2, 0) is 13.6 Å². The maximum absolute atomic E-state index is 12.0. The summed E-state index contributed by atoms with van der Waals surface area (Å²) in [5.74, 6) is 1.08. The number of guanidine groups is 1. The molecule has 1 aromatic carbocycles. The lowest BCUT2D eigenvalue weighted by molar-refractivity contribution is 0.0954. The molecule has 154 valence electrons. The zero-order valence-electron chi connectivity index (χ0n) is 17.3. The molecular formula is C20H31IN6O. The number of nitrogens with zero attached hydrogens (tertiary/aromatic N) is 4. The molecule has 0 saturated carbocycles. The number of benzene rings is 1. The second kappa shape index (κ2) is 11.7. The maximum atomic E-state index is 12.0. The van der Waals surface area contributed by atoms with E-state index in [1.54, 1.807) is 19.2 Å². The third-order valence-corrected chi connectivity index (χ3v) is 4.19. The van der Waals surface area contributed by atoms with Gasteiger partial charge in [0.25, 0.3) is 5.91 Å². The number of aliphatic imine (C=N–C) groups is 1. The first-order chi connectivity index (χ1) is 12.9. The quantitative estimate of drug-likeness (QED) is 0.267. The highest BCUT2D eigenvalue weighted by Crippen LogP contribution is 2.18. The Bertz CT molecular complexity index is 772. The average Bonchev–Trinajstić information content (AvgIpc) is 3.02. The van der Waals surface area contributed by atoms with Gasteiger partial charge in [0.2, 0.25) is 0 Å². The van der Waals surface area contributed by atoms with Gasteiger partial charge in [0.05, 0.1) is 5.69 Å². The van der Waals surface area contributed by atoms with Crippen molar-refractivity contribution in [3.05, 3.63) is 53.3 Å². The van der Waals surface area contributed by atoms with Crippen molar-refractivity contribution in [2.45, 2.75) is 26.3 Å². The van der Waals surface area contributed by atoms with Crippen LogP contribution in [-0.4, -0.2) is 53.7 Å². The molecule has 0 aliphatic carbocycles. The van der Waals surface area contributed by atoms with Crippen LogP contribution < -0.4 is 10.6 Å². The van der Waals surface area contributed by atoms with Crippen LogP contribution >= 0.6 is 24.0 Å². The summed E-state index contributed by atoms with van der Waals surface area (Å²) < 4.78 is 1.85. The molecule has 0 atom stereocenters. The predicted octanol–water partition coefficient (Wildman–Crippen LogP) is 2.60. The minimum Gasteiger partial charge on any atom is -0.354 e. The van der Waals surface area contributed by atoms with Crippen molar-refractivity contribution in [2.24, 2.45) is 12.0 Å². The molecular weight excluding hydrogens is 467 g/mol. The Morgan fingerprint density at radius 3 is 2.46 bits per heavy atom. The van der Waals surface area contributed by atoms with Gasteiger partial charge in [0, 0.05) is 58.1 Å². The van der Waals surface area contributed by atoms with Gasteiger partial charge in [0.1, 0.15) is 0 Å². The van der Waals surface area contributed by atoms with E-state index in [-0.39, 0.29) is 29.9 Å². The molecule has 2 N–H and O–H groups in total. The highest BCUT2D eigenvalue weighted by Gasteiger charge is 2.15. The highest BCUT2D eigenvalue weighted by atomic mass is 127. The predicted molar refractivity (Wildman–Crippen MR) is 124 cm³/mol. The molecule has 0 bridgehead atoms. The van der Waals surface area contributed by atoms with Crippen LogP contribution in [0.3, 0.4) is 0 Å². The maximum Gasteiger partial charge on any atom is 0.251 e. The molecule has 0 saturated heterocycles. The molecule has 0 spiro atoms. The van der Waals surface area contributed by atoms with Crippen molar-refractivity contribution < 1.29 is 4.79 Å². The van der Waals surface area contributed by atoms with E-state index >= 15 is 0 Å². The Balaban J connectivity index is 0.00000392. The third-order valence-electron chi connectivity index (χ3n) is 4.19. The summed E-state index contributed by atoms with van der Waals surface area (Å²) in [4.78, 5) is 18.4. The molecule has 1 aromatic heterocycles. The van der Waals surface area contributed by atoms with E-state index in [0.29, 0.717) is 24.6 Å². The molecule has 28 heavy (non-hydrogen) atoms. The first-order valence-electron chi connectivity index (χ1n) is 9.19. The van der Waals surface area contributed by atoms with Crippen LogP contribution in [0.4, 0.5) is 0 Å². The molecule has 0 aliphatic heterocycles. The molecule has 2 rings (SSSR count). The van der Waals surface area contributed by atoms with Crippen LogP contribution in [0.25, 0.3) is 0 Å². The molecule has 0 radical (unpaired) electrons. The first kappa shape index (κ1) is 23.9. The molecule has 0 fully saturated rings. The number of aromatic nitrogens is 2. The number of hydrogen-bond acceptors (Lipinski definition) is 3. The summed E-state index contributed by atoms with van der Waals surface area (Å²) >= 11 is 0. The lowest BCUT2D eigenvalue weighted by Gasteiger charge is -2.22. The summed E-state index contributed by atoms with van der Waals surface area (Å²) in [7, 11) is 5.70. The van der Waals surface area contributed by atoms with Crippen molar-refractivity contribution in [3.63, 3.8) is 0 Å². The summed E-state index contributed by atoms with van der Waals surface area (Å²) in [5.41, 5.74) is 2.96. The standard InChI is InChI=1S/C20H30N6O.HI/c1-15(2)18-17(14-26(5)24-18)13-25(4)20(21-3)23-12-11-22-19(27)16-9-7-6-8-10-16;/h6-10,14-15H,11-13H2,1-5H3,(H,21,23)(H,22,27);1H. The summed E-state index contributed by atoms with van der Waals surface area (Å²) in [6.45, 7) is 6.13. The summed E-state index contributed by atoms with van der Waals surface area (Å²) in [6, 6.07) is 9.21. The summed E-state index contributed by atoms with van der Waals surface area (Å²) in [5, 5.41) is 10.7. The van der Waals surface area contributed by atoms with E-state index in [1.165, 1.54) is 5.56 Å². The van der Waals surface area contributed by atoms with Crippen LogP contribution in [0, 0.1) is 0 Å². The van der Waals surface area contributed by atoms with Gasteiger partial charge in [0.15, 0.2) is 5.96 Å². The SMILES string of the molecule is CN=C(NCCNC(=O)c1ccccc1)N(C)Cc1cn(C)nc1C(C)C.I. The van der Waals surface area contributed by atoms with E-state index in [0.717, 1.165) is 18.2 Å². The van der Waals surface area contributed by atoms with Gasteiger partial charge in [-0.25, -0.2) is 0 Å². The lowest BCUT2D eigenvalue weighted by Crippen LogP contribution is -2.42. The van der Waals surface area contributed by atoms with Crippen LogP contribution in [0.2, 0.25) is 0 Å². The zero-order chi connectivity index (χ0) is 19.8. The minimum atomic E-state index is -0.0716. The first-order valence-corrected chi connectivity index (χ1v) is 9.19. The normalized spacial score (nSPS) is 11.1. The Hall–Kier alpha value is -2.10. The smallest absolute Gasteiger partial charge is 0.251 e. The largest absolute Gasteiger partial charge is 0.354 e. The Labute approximate surface area is 184 Å². The minimum absolute atomic E-state index is 0. The number of aryl methyl sites for hydroxylation is 1. The fraction of sp³-hybridized carbons (Fsp3) is 0.450. The molecule has 0 aliphatic rings. The average molecular weight is 498 g/mol. The van der Waals surface area contributed by atoms with E-state index in [2.05, 4.69) is 45.7 Å². The van der Waals surface area contributed by atoms with E-state index in [1.807, 2.05) is 37.0 Å². The fourth-order valence-corrected chi connectivity index (χ4v) is 2.92. The highest BCUT2D eigenvalue weighted by molar-refractivity contribution is 14.0.